The molecule has 0 unspecified atom stereocenters. The van der Waals surface area contributed by atoms with E-state index in [2.05, 4.69) is 31.9 Å². The molecule has 0 aromatic heterocycles. The highest BCUT2D eigenvalue weighted by molar-refractivity contribution is 9.10. The van der Waals surface area contributed by atoms with E-state index >= 15 is 0 Å². The van der Waals surface area contributed by atoms with Gasteiger partial charge < -0.3 is 0 Å². The van der Waals surface area contributed by atoms with Crippen molar-refractivity contribution < 1.29 is 18.4 Å². The van der Waals surface area contributed by atoms with E-state index in [-0.39, 0.29) is 35.1 Å². The summed E-state index contributed by atoms with van der Waals surface area (Å²) in [5.74, 6) is -0.387. The van der Waals surface area contributed by atoms with Crippen LogP contribution in [0.15, 0.2) is 69.1 Å². The predicted molar refractivity (Wildman–Crippen MR) is 140 cm³/mol. The SMILES string of the molecule is O=C1CCC[C@@H](/C(F)=C\c2ccc(Br)cc2)C1.O=C1CCC[C@@H](/C(F)=C\c2ccc(Br)cc2)C1. The van der Waals surface area contributed by atoms with Crippen LogP contribution in [0.25, 0.3) is 12.2 Å². The maximum absolute atomic E-state index is 13.9. The molecule has 2 fully saturated rings. The minimum Gasteiger partial charge on any atom is -0.300 e. The van der Waals surface area contributed by atoms with Gasteiger partial charge in [-0.15, -0.1) is 0 Å². The van der Waals surface area contributed by atoms with Crippen LogP contribution < -0.4 is 0 Å². The van der Waals surface area contributed by atoms with Crippen molar-refractivity contribution in [1.29, 1.82) is 0 Å². The summed E-state index contributed by atoms with van der Waals surface area (Å²) < 4.78 is 29.8. The van der Waals surface area contributed by atoms with Crippen molar-refractivity contribution in [2.75, 3.05) is 0 Å². The van der Waals surface area contributed by atoms with Crippen molar-refractivity contribution in [2.24, 2.45) is 11.8 Å². The number of rotatable bonds is 4. The van der Waals surface area contributed by atoms with Gasteiger partial charge in [-0.3, -0.25) is 9.59 Å². The first-order valence-electron chi connectivity index (χ1n) is 11.6. The van der Waals surface area contributed by atoms with E-state index in [1.54, 1.807) is 0 Å². The Labute approximate surface area is 216 Å². The molecule has 0 spiro atoms. The van der Waals surface area contributed by atoms with Crippen LogP contribution in [0.1, 0.15) is 62.5 Å². The number of hydrogen-bond donors (Lipinski definition) is 0. The molecule has 2 saturated carbocycles. The van der Waals surface area contributed by atoms with E-state index in [9.17, 15) is 18.4 Å². The fourth-order valence-corrected chi connectivity index (χ4v) is 4.72. The van der Waals surface area contributed by atoms with Crippen LogP contribution in [0.5, 0.6) is 0 Å². The standard InChI is InChI=1S/2C14H14BrFO/c2*15-12-6-4-10(5-7-12)8-14(16)11-2-1-3-13(17)9-11/h2*4-8,11H,1-3,9H2/b2*14-8+/t2*11-/m11/s1. The molecule has 2 aromatic carbocycles. The normalized spacial score (nSPS) is 21.6. The van der Waals surface area contributed by atoms with Crippen molar-refractivity contribution in [3.63, 3.8) is 0 Å². The first-order chi connectivity index (χ1) is 16.3. The van der Waals surface area contributed by atoms with Crippen LogP contribution >= 0.6 is 31.9 Å². The minimum absolute atomic E-state index is 0.166. The summed E-state index contributed by atoms with van der Waals surface area (Å²) in [5, 5.41) is 0. The smallest absolute Gasteiger partial charge is 0.133 e. The van der Waals surface area contributed by atoms with Crippen molar-refractivity contribution in [2.45, 2.75) is 51.4 Å². The average Bonchev–Trinajstić information content (AvgIpc) is 2.82. The van der Waals surface area contributed by atoms with E-state index in [0.29, 0.717) is 25.7 Å². The molecule has 2 aromatic rings. The lowest BCUT2D eigenvalue weighted by molar-refractivity contribution is -0.122. The topological polar surface area (TPSA) is 34.1 Å². The lowest BCUT2D eigenvalue weighted by Crippen LogP contribution is -2.15. The van der Waals surface area contributed by atoms with Crippen LogP contribution in [0, 0.1) is 11.8 Å². The maximum atomic E-state index is 13.9. The molecule has 2 aliphatic rings. The van der Waals surface area contributed by atoms with Gasteiger partial charge in [0.25, 0.3) is 0 Å². The molecule has 6 heteroatoms. The van der Waals surface area contributed by atoms with Crippen LogP contribution in [0.4, 0.5) is 8.78 Å². The minimum atomic E-state index is -0.208. The summed E-state index contributed by atoms with van der Waals surface area (Å²) in [5.41, 5.74) is 1.67. The highest BCUT2D eigenvalue weighted by Gasteiger charge is 2.23. The van der Waals surface area contributed by atoms with Crippen molar-refractivity contribution in [3.05, 3.63) is 80.3 Å². The molecule has 180 valence electrons. The number of carbonyl (C=O) groups excluding carboxylic acids is 2. The van der Waals surface area contributed by atoms with Crippen molar-refractivity contribution in [3.8, 4) is 0 Å². The highest BCUT2D eigenvalue weighted by Crippen LogP contribution is 2.31. The number of hydrogen-bond acceptors (Lipinski definition) is 2. The molecule has 34 heavy (non-hydrogen) atoms. The van der Waals surface area contributed by atoms with Gasteiger partial charge in [0.1, 0.15) is 23.2 Å². The highest BCUT2D eigenvalue weighted by atomic mass is 79.9. The zero-order chi connectivity index (χ0) is 24.5. The van der Waals surface area contributed by atoms with Gasteiger partial charge in [-0.25, -0.2) is 8.78 Å². The third-order valence-electron chi connectivity index (χ3n) is 6.09. The number of allylic oxidation sites excluding steroid dienone is 2. The Morgan fingerprint density at radius 2 is 1.03 bits per heavy atom. The molecule has 0 amide bonds. The van der Waals surface area contributed by atoms with Crippen LogP contribution in [0.2, 0.25) is 0 Å². The summed E-state index contributed by atoms with van der Waals surface area (Å²) in [7, 11) is 0. The molecule has 4 rings (SSSR count). The average molecular weight is 594 g/mol. The predicted octanol–water partition coefficient (Wildman–Crippen LogP) is 9.04. The Kier molecular flexibility index (Phi) is 10.4. The monoisotopic (exact) mass is 592 g/mol. The van der Waals surface area contributed by atoms with E-state index < -0.39 is 0 Å². The second-order valence-electron chi connectivity index (χ2n) is 8.83. The number of carbonyl (C=O) groups is 2. The van der Waals surface area contributed by atoms with Gasteiger partial charge in [0.05, 0.1) is 0 Å². The van der Waals surface area contributed by atoms with Gasteiger partial charge in [-0.2, -0.15) is 0 Å². The molecule has 2 aliphatic carbocycles. The van der Waals surface area contributed by atoms with Gasteiger partial charge in [-0.1, -0.05) is 56.1 Å². The van der Waals surface area contributed by atoms with E-state index in [1.807, 2.05) is 48.5 Å². The quantitative estimate of drug-likeness (QED) is 0.354. The third kappa shape index (κ3) is 8.70. The summed E-state index contributed by atoms with van der Waals surface area (Å²) >= 11 is 6.67. The summed E-state index contributed by atoms with van der Waals surface area (Å²) in [4.78, 5) is 22.5. The summed E-state index contributed by atoms with van der Waals surface area (Å²) in [6, 6.07) is 14.9. The van der Waals surface area contributed by atoms with Gasteiger partial charge >= 0.3 is 0 Å². The van der Waals surface area contributed by atoms with Gasteiger partial charge in [-0.05, 0) is 73.2 Å². The molecule has 0 saturated heterocycles. The Morgan fingerprint density at radius 3 is 1.35 bits per heavy atom. The second-order valence-corrected chi connectivity index (χ2v) is 10.7. The Balaban J connectivity index is 0.000000191. The lowest BCUT2D eigenvalue weighted by atomic mass is 9.87. The molecule has 0 bridgehead atoms. The van der Waals surface area contributed by atoms with E-state index in [0.717, 1.165) is 45.8 Å². The second kappa shape index (κ2) is 13.2. The van der Waals surface area contributed by atoms with E-state index in [4.69, 9.17) is 0 Å². The molecule has 2 atom stereocenters. The first-order valence-corrected chi connectivity index (χ1v) is 13.2. The number of ketones is 2. The van der Waals surface area contributed by atoms with Crippen molar-refractivity contribution in [1.82, 2.24) is 0 Å². The Bertz CT molecular complexity index is 958. The Hall–Kier alpha value is -1.92. The molecular weight excluding hydrogens is 566 g/mol. The number of halogens is 4. The van der Waals surface area contributed by atoms with Crippen molar-refractivity contribution >= 4 is 55.6 Å². The molecule has 0 N–H and O–H groups in total. The van der Waals surface area contributed by atoms with Gasteiger partial charge in [0, 0.05) is 46.5 Å². The fraction of sp³-hybridized carbons (Fsp3) is 0.357. The van der Waals surface area contributed by atoms with Gasteiger partial charge in [0.2, 0.25) is 0 Å². The molecule has 0 aliphatic heterocycles. The zero-order valence-electron chi connectivity index (χ0n) is 18.9. The Morgan fingerprint density at radius 1 is 0.676 bits per heavy atom. The zero-order valence-corrected chi connectivity index (χ0v) is 22.1. The van der Waals surface area contributed by atoms with E-state index in [1.165, 1.54) is 12.2 Å². The molecular formula is C28H28Br2F2O2. The fourth-order valence-electron chi connectivity index (χ4n) is 4.19. The number of Topliss-reactive ketones (excluding diaryl/α,β-unsaturated/α-hetero) is 2. The summed E-state index contributed by atoms with van der Waals surface area (Å²) in [6.45, 7) is 0. The largest absolute Gasteiger partial charge is 0.300 e. The first kappa shape index (κ1) is 26.7. The number of benzene rings is 2. The summed E-state index contributed by atoms with van der Waals surface area (Å²) in [6.07, 6.45) is 8.21. The van der Waals surface area contributed by atoms with Crippen LogP contribution in [-0.4, -0.2) is 11.6 Å². The third-order valence-corrected chi connectivity index (χ3v) is 7.15. The molecule has 2 nitrogen and oxygen atoms in total. The van der Waals surface area contributed by atoms with Gasteiger partial charge in [0.15, 0.2) is 0 Å². The lowest BCUT2D eigenvalue weighted by Gasteiger charge is -2.19. The van der Waals surface area contributed by atoms with Crippen LogP contribution in [-0.2, 0) is 9.59 Å². The molecule has 0 radical (unpaired) electrons. The van der Waals surface area contributed by atoms with Crippen LogP contribution in [0.3, 0.4) is 0 Å². The maximum Gasteiger partial charge on any atom is 0.133 e. The molecule has 0 heterocycles.